The van der Waals surface area contributed by atoms with E-state index in [9.17, 15) is 0 Å². The van der Waals surface area contributed by atoms with Gasteiger partial charge in [-0.15, -0.1) is 24.0 Å². The van der Waals surface area contributed by atoms with Crippen molar-refractivity contribution in [1.82, 2.24) is 15.5 Å². The highest BCUT2D eigenvalue weighted by atomic mass is 127. The Morgan fingerprint density at radius 1 is 1.33 bits per heavy atom. The molecule has 1 aliphatic heterocycles. The Morgan fingerprint density at radius 3 is 2.56 bits per heavy atom. The Kier molecular flexibility index (Phi) is 10.8. The van der Waals surface area contributed by atoms with Crippen LogP contribution in [0.5, 0.6) is 0 Å². The molecule has 1 aliphatic rings. The Hall–Kier alpha value is -0.0400. The van der Waals surface area contributed by atoms with Gasteiger partial charge in [0.05, 0.1) is 0 Å². The van der Waals surface area contributed by atoms with Gasteiger partial charge in [-0.05, 0) is 52.2 Å². The molecule has 1 rings (SSSR count). The van der Waals surface area contributed by atoms with Crippen molar-refractivity contribution >= 4 is 29.9 Å². The summed E-state index contributed by atoms with van der Waals surface area (Å²) >= 11 is 0. The number of hydrogen-bond donors (Lipinski definition) is 2. The van der Waals surface area contributed by atoms with Crippen LogP contribution in [0.1, 0.15) is 39.5 Å². The molecule has 5 heteroatoms. The molecular weight excluding hydrogens is 339 g/mol. The number of nitrogens with zero attached hydrogens (tertiary/aromatic N) is 2. The molecule has 0 aromatic carbocycles. The van der Waals surface area contributed by atoms with Crippen molar-refractivity contribution in [2.45, 2.75) is 45.6 Å². The lowest BCUT2D eigenvalue weighted by Crippen LogP contribution is -2.42. The van der Waals surface area contributed by atoms with E-state index in [2.05, 4.69) is 34.4 Å². The summed E-state index contributed by atoms with van der Waals surface area (Å²) in [7, 11) is 1.83. The molecule has 1 saturated heterocycles. The van der Waals surface area contributed by atoms with Crippen molar-refractivity contribution in [2.24, 2.45) is 4.99 Å². The molecule has 0 radical (unpaired) electrons. The lowest BCUT2D eigenvalue weighted by molar-refractivity contribution is 0.334. The second kappa shape index (κ2) is 10.8. The SMILES string of the molecule is CCC(C)NC(=NC)NCCCN1CCCC1.I. The van der Waals surface area contributed by atoms with Crippen LogP contribution in [-0.2, 0) is 0 Å². The van der Waals surface area contributed by atoms with E-state index in [0.29, 0.717) is 6.04 Å². The number of aliphatic imine (C=N–C) groups is 1. The molecular formula is C13H29IN4. The van der Waals surface area contributed by atoms with Crippen LogP contribution in [-0.4, -0.2) is 50.1 Å². The summed E-state index contributed by atoms with van der Waals surface area (Å²) < 4.78 is 0. The molecule has 2 N–H and O–H groups in total. The molecule has 4 nitrogen and oxygen atoms in total. The summed E-state index contributed by atoms with van der Waals surface area (Å²) in [6, 6.07) is 0.486. The number of hydrogen-bond acceptors (Lipinski definition) is 2. The van der Waals surface area contributed by atoms with Gasteiger partial charge >= 0.3 is 0 Å². The standard InChI is InChI=1S/C13H28N4.HI/c1-4-12(2)16-13(14-3)15-8-7-11-17-9-5-6-10-17;/h12H,4-11H2,1-3H3,(H2,14,15,16);1H. The minimum atomic E-state index is 0. The van der Waals surface area contributed by atoms with Crippen molar-refractivity contribution in [2.75, 3.05) is 33.2 Å². The minimum Gasteiger partial charge on any atom is -0.356 e. The summed E-state index contributed by atoms with van der Waals surface area (Å²) in [5.41, 5.74) is 0. The lowest BCUT2D eigenvalue weighted by atomic mass is 10.3. The van der Waals surface area contributed by atoms with Gasteiger partial charge in [0, 0.05) is 19.6 Å². The molecule has 1 heterocycles. The number of likely N-dealkylation sites (tertiary alicyclic amines) is 1. The van der Waals surface area contributed by atoms with E-state index in [1.54, 1.807) is 0 Å². The molecule has 0 aromatic heterocycles. The Bertz CT molecular complexity index is 227. The van der Waals surface area contributed by atoms with E-state index < -0.39 is 0 Å². The third-order valence-electron chi connectivity index (χ3n) is 3.36. The molecule has 0 saturated carbocycles. The zero-order chi connectivity index (χ0) is 12.5. The van der Waals surface area contributed by atoms with E-state index in [0.717, 1.165) is 18.9 Å². The third kappa shape index (κ3) is 7.41. The minimum absolute atomic E-state index is 0. The molecule has 0 spiro atoms. The van der Waals surface area contributed by atoms with E-state index in [-0.39, 0.29) is 24.0 Å². The van der Waals surface area contributed by atoms with E-state index in [1.807, 2.05) is 7.05 Å². The molecule has 0 amide bonds. The van der Waals surface area contributed by atoms with Gasteiger partial charge in [0.15, 0.2) is 5.96 Å². The van der Waals surface area contributed by atoms with Gasteiger partial charge < -0.3 is 15.5 Å². The highest BCUT2D eigenvalue weighted by molar-refractivity contribution is 14.0. The average molecular weight is 368 g/mol. The smallest absolute Gasteiger partial charge is 0.191 e. The summed E-state index contributed by atoms with van der Waals surface area (Å²) in [5, 5.41) is 6.74. The first-order valence-corrected chi connectivity index (χ1v) is 6.95. The fourth-order valence-electron chi connectivity index (χ4n) is 2.05. The van der Waals surface area contributed by atoms with Crippen LogP contribution in [0.3, 0.4) is 0 Å². The van der Waals surface area contributed by atoms with Crippen LogP contribution in [0.15, 0.2) is 4.99 Å². The maximum absolute atomic E-state index is 4.23. The number of guanidine groups is 1. The first kappa shape index (κ1) is 18.0. The average Bonchev–Trinajstić information content (AvgIpc) is 2.85. The van der Waals surface area contributed by atoms with Crippen LogP contribution in [0.4, 0.5) is 0 Å². The van der Waals surface area contributed by atoms with Crippen molar-refractivity contribution in [3.63, 3.8) is 0 Å². The number of rotatable bonds is 6. The van der Waals surface area contributed by atoms with Gasteiger partial charge in [-0.25, -0.2) is 0 Å². The molecule has 1 fully saturated rings. The van der Waals surface area contributed by atoms with Crippen LogP contribution in [0.25, 0.3) is 0 Å². The second-order valence-electron chi connectivity index (χ2n) is 4.85. The van der Waals surface area contributed by atoms with Crippen LogP contribution >= 0.6 is 24.0 Å². The van der Waals surface area contributed by atoms with Crippen molar-refractivity contribution in [3.05, 3.63) is 0 Å². The summed E-state index contributed by atoms with van der Waals surface area (Å²) in [4.78, 5) is 6.77. The van der Waals surface area contributed by atoms with Gasteiger partial charge in [-0.3, -0.25) is 4.99 Å². The van der Waals surface area contributed by atoms with Crippen molar-refractivity contribution < 1.29 is 0 Å². The topological polar surface area (TPSA) is 39.7 Å². The lowest BCUT2D eigenvalue weighted by Gasteiger charge is -2.18. The van der Waals surface area contributed by atoms with Gasteiger partial charge in [0.2, 0.25) is 0 Å². The summed E-state index contributed by atoms with van der Waals surface area (Å²) in [6.45, 7) is 9.16. The molecule has 0 aliphatic carbocycles. The third-order valence-corrected chi connectivity index (χ3v) is 3.36. The van der Waals surface area contributed by atoms with Crippen molar-refractivity contribution in [3.8, 4) is 0 Å². The normalized spacial score (nSPS) is 18.3. The predicted octanol–water partition coefficient (Wildman–Crippen LogP) is 2.05. The zero-order valence-electron chi connectivity index (χ0n) is 12.0. The zero-order valence-corrected chi connectivity index (χ0v) is 14.4. The van der Waals surface area contributed by atoms with Gasteiger partial charge in [0.25, 0.3) is 0 Å². The number of nitrogens with one attached hydrogen (secondary N) is 2. The largest absolute Gasteiger partial charge is 0.356 e. The molecule has 0 aromatic rings. The Morgan fingerprint density at radius 2 is 2.00 bits per heavy atom. The second-order valence-corrected chi connectivity index (χ2v) is 4.85. The van der Waals surface area contributed by atoms with E-state index >= 15 is 0 Å². The molecule has 0 bridgehead atoms. The first-order valence-electron chi connectivity index (χ1n) is 6.95. The predicted molar refractivity (Wildman–Crippen MR) is 90.0 cm³/mol. The van der Waals surface area contributed by atoms with Crippen molar-refractivity contribution in [1.29, 1.82) is 0 Å². The maximum atomic E-state index is 4.23. The molecule has 18 heavy (non-hydrogen) atoms. The first-order chi connectivity index (χ1) is 8.26. The molecule has 108 valence electrons. The molecule has 1 atom stereocenters. The number of halogens is 1. The van der Waals surface area contributed by atoms with Crippen LogP contribution in [0, 0.1) is 0 Å². The Labute approximate surface area is 129 Å². The van der Waals surface area contributed by atoms with E-state index in [4.69, 9.17) is 0 Å². The molecule has 1 unspecified atom stereocenters. The van der Waals surface area contributed by atoms with Gasteiger partial charge in [0.1, 0.15) is 0 Å². The Balaban J connectivity index is 0.00000289. The quantitative estimate of drug-likeness (QED) is 0.326. The van der Waals surface area contributed by atoms with E-state index in [1.165, 1.54) is 38.9 Å². The van der Waals surface area contributed by atoms with Crippen LogP contribution < -0.4 is 10.6 Å². The highest BCUT2D eigenvalue weighted by Gasteiger charge is 2.10. The summed E-state index contributed by atoms with van der Waals surface area (Å²) in [6.07, 6.45) is 5.07. The highest BCUT2D eigenvalue weighted by Crippen LogP contribution is 2.06. The van der Waals surface area contributed by atoms with Gasteiger partial charge in [-0.2, -0.15) is 0 Å². The summed E-state index contributed by atoms with van der Waals surface area (Å²) in [5.74, 6) is 0.931. The fourth-order valence-corrected chi connectivity index (χ4v) is 2.05. The maximum Gasteiger partial charge on any atom is 0.191 e. The van der Waals surface area contributed by atoms with Gasteiger partial charge in [-0.1, -0.05) is 6.92 Å². The van der Waals surface area contributed by atoms with Crippen LogP contribution in [0.2, 0.25) is 0 Å². The monoisotopic (exact) mass is 368 g/mol. The fraction of sp³-hybridized carbons (Fsp3) is 0.923.